The maximum Gasteiger partial charge on any atom is 0.322 e. The quantitative estimate of drug-likeness (QED) is 0.396. The molecule has 0 saturated carbocycles. The van der Waals surface area contributed by atoms with Crippen LogP contribution >= 0.6 is 0 Å². The van der Waals surface area contributed by atoms with Gasteiger partial charge in [-0.3, -0.25) is 19.7 Å². The van der Waals surface area contributed by atoms with Gasteiger partial charge >= 0.3 is 6.03 Å². The largest absolute Gasteiger partial charge is 0.497 e. The molecule has 36 heavy (non-hydrogen) atoms. The van der Waals surface area contributed by atoms with E-state index in [4.69, 9.17) is 9.15 Å². The highest BCUT2D eigenvalue weighted by molar-refractivity contribution is 6.06. The molecule has 2 heterocycles. The van der Waals surface area contributed by atoms with Crippen LogP contribution in [0.3, 0.4) is 0 Å². The van der Waals surface area contributed by atoms with Crippen LogP contribution in [0, 0.1) is 6.92 Å². The van der Waals surface area contributed by atoms with E-state index in [1.165, 1.54) is 11.2 Å². The van der Waals surface area contributed by atoms with E-state index in [0.29, 0.717) is 22.8 Å². The van der Waals surface area contributed by atoms with Crippen LogP contribution in [-0.2, 0) is 20.9 Å². The van der Waals surface area contributed by atoms with Gasteiger partial charge in [-0.15, -0.1) is 0 Å². The number of benzene rings is 2. The minimum absolute atomic E-state index is 0.0251. The monoisotopic (exact) mass is 490 g/mol. The summed E-state index contributed by atoms with van der Waals surface area (Å²) < 4.78 is 10.6. The Kier molecular flexibility index (Phi) is 7.33. The van der Waals surface area contributed by atoms with Crippen LogP contribution in [0.15, 0.2) is 71.3 Å². The van der Waals surface area contributed by atoms with Gasteiger partial charge in [0.15, 0.2) is 0 Å². The first-order valence-corrected chi connectivity index (χ1v) is 11.3. The number of methoxy groups -OCH3 is 1. The highest BCUT2D eigenvalue weighted by Crippen LogP contribution is 2.27. The molecule has 1 saturated heterocycles. The molecule has 10 heteroatoms. The zero-order valence-electron chi connectivity index (χ0n) is 19.8. The zero-order valence-corrected chi connectivity index (χ0v) is 19.8. The molecule has 0 aliphatic carbocycles. The Balaban J connectivity index is 1.68. The van der Waals surface area contributed by atoms with Crippen molar-refractivity contribution in [3.63, 3.8) is 0 Å². The van der Waals surface area contributed by atoms with E-state index in [0.717, 1.165) is 5.56 Å². The Morgan fingerprint density at radius 1 is 1.08 bits per heavy atom. The molecule has 1 aromatic heterocycles. The highest BCUT2D eigenvalue weighted by atomic mass is 16.5. The van der Waals surface area contributed by atoms with Crippen molar-refractivity contribution in [2.75, 3.05) is 12.4 Å². The van der Waals surface area contributed by atoms with Crippen LogP contribution in [0.5, 0.6) is 5.75 Å². The fourth-order valence-corrected chi connectivity index (χ4v) is 3.89. The van der Waals surface area contributed by atoms with Gasteiger partial charge in [-0.1, -0.05) is 29.8 Å². The molecule has 1 fully saturated rings. The van der Waals surface area contributed by atoms with Crippen LogP contribution < -0.4 is 20.7 Å². The van der Waals surface area contributed by atoms with E-state index >= 15 is 0 Å². The van der Waals surface area contributed by atoms with Crippen molar-refractivity contribution >= 4 is 29.4 Å². The van der Waals surface area contributed by atoms with E-state index in [1.807, 2.05) is 19.1 Å². The number of furan rings is 1. The smallest absolute Gasteiger partial charge is 0.322 e. The van der Waals surface area contributed by atoms with Gasteiger partial charge in [-0.25, -0.2) is 4.79 Å². The van der Waals surface area contributed by atoms with Crippen LogP contribution in [0.1, 0.15) is 29.3 Å². The molecule has 1 aliphatic rings. The first-order valence-electron chi connectivity index (χ1n) is 11.3. The number of anilines is 1. The van der Waals surface area contributed by atoms with E-state index < -0.39 is 35.8 Å². The SMILES string of the molecule is COc1ccc(NC(=O)[C@@H](c2ccc(C)cc2)N(Cc2ccco2)C(=O)C[C@H]2NC(=O)NC2=O)cc1. The average Bonchev–Trinajstić information content (AvgIpc) is 3.49. The van der Waals surface area contributed by atoms with Gasteiger partial charge in [-0.2, -0.15) is 0 Å². The van der Waals surface area contributed by atoms with Crippen molar-refractivity contribution in [2.45, 2.75) is 32.0 Å². The number of amides is 5. The molecule has 2 aromatic carbocycles. The fourth-order valence-electron chi connectivity index (χ4n) is 3.89. The van der Waals surface area contributed by atoms with Gasteiger partial charge in [-0.05, 0) is 48.9 Å². The molecule has 0 spiro atoms. The summed E-state index contributed by atoms with van der Waals surface area (Å²) in [5.41, 5.74) is 2.08. The third-order valence-electron chi connectivity index (χ3n) is 5.77. The van der Waals surface area contributed by atoms with E-state index in [-0.39, 0.29) is 13.0 Å². The minimum atomic E-state index is -1.05. The van der Waals surface area contributed by atoms with E-state index in [1.54, 1.807) is 55.6 Å². The molecular formula is C26H26N4O6. The first kappa shape index (κ1) is 24.5. The summed E-state index contributed by atoms with van der Waals surface area (Å²) in [5, 5.41) is 7.42. The van der Waals surface area contributed by atoms with Crippen molar-refractivity contribution in [1.29, 1.82) is 0 Å². The standard InChI is InChI=1S/C26H26N4O6/c1-16-5-7-17(8-6-16)23(25(33)27-18-9-11-19(35-2)12-10-18)30(15-20-4-3-13-36-20)22(31)14-21-24(32)29-26(34)28-21/h3-13,21,23H,14-15H2,1-2H3,(H,27,33)(H2,28,29,32,34)/t21-,23-/m1/s1. The molecule has 2 atom stereocenters. The van der Waals surface area contributed by atoms with E-state index in [9.17, 15) is 19.2 Å². The Bertz CT molecular complexity index is 1240. The van der Waals surface area contributed by atoms with Gasteiger partial charge in [0, 0.05) is 5.69 Å². The number of carbonyl (C=O) groups is 4. The normalized spacial score (nSPS) is 15.6. The van der Waals surface area contributed by atoms with Crippen molar-refractivity contribution in [3.05, 3.63) is 83.8 Å². The van der Waals surface area contributed by atoms with Gasteiger partial charge in [0.05, 0.1) is 26.3 Å². The zero-order chi connectivity index (χ0) is 25.7. The lowest BCUT2D eigenvalue weighted by Gasteiger charge is -2.31. The summed E-state index contributed by atoms with van der Waals surface area (Å²) in [7, 11) is 1.55. The average molecular weight is 491 g/mol. The third-order valence-corrected chi connectivity index (χ3v) is 5.77. The van der Waals surface area contributed by atoms with Gasteiger partial charge in [0.25, 0.3) is 11.8 Å². The summed E-state index contributed by atoms with van der Waals surface area (Å²) in [6.45, 7) is 1.89. The second-order valence-electron chi connectivity index (χ2n) is 8.35. The van der Waals surface area contributed by atoms with Crippen LogP contribution in [0.4, 0.5) is 10.5 Å². The summed E-state index contributed by atoms with van der Waals surface area (Å²) >= 11 is 0. The molecule has 5 amide bonds. The molecule has 3 aromatic rings. The lowest BCUT2D eigenvalue weighted by molar-refractivity contribution is -0.141. The molecular weight excluding hydrogens is 464 g/mol. The predicted octanol–water partition coefficient (Wildman–Crippen LogP) is 2.90. The number of imide groups is 1. The van der Waals surface area contributed by atoms with Crippen molar-refractivity contribution in [3.8, 4) is 5.75 Å². The lowest BCUT2D eigenvalue weighted by atomic mass is 10.0. The number of nitrogens with one attached hydrogen (secondary N) is 3. The van der Waals surface area contributed by atoms with Gasteiger partial charge in [0.2, 0.25) is 5.91 Å². The number of aryl methyl sites for hydroxylation is 1. The number of hydrogen-bond acceptors (Lipinski definition) is 6. The Morgan fingerprint density at radius 3 is 2.39 bits per heavy atom. The highest BCUT2D eigenvalue weighted by Gasteiger charge is 2.37. The van der Waals surface area contributed by atoms with Crippen LogP contribution in [0.25, 0.3) is 0 Å². The fraction of sp³-hybridized carbons (Fsp3) is 0.231. The predicted molar refractivity (Wildman–Crippen MR) is 130 cm³/mol. The molecule has 0 bridgehead atoms. The second kappa shape index (κ2) is 10.8. The van der Waals surface area contributed by atoms with Gasteiger partial charge in [0.1, 0.15) is 23.6 Å². The van der Waals surface area contributed by atoms with Crippen molar-refractivity contribution in [2.24, 2.45) is 0 Å². The van der Waals surface area contributed by atoms with Crippen LogP contribution in [-0.4, -0.2) is 41.8 Å². The number of urea groups is 1. The van der Waals surface area contributed by atoms with Crippen molar-refractivity contribution in [1.82, 2.24) is 15.5 Å². The van der Waals surface area contributed by atoms with Gasteiger partial charge < -0.3 is 24.7 Å². The molecule has 186 valence electrons. The topological polar surface area (TPSA) is 130 Å². The van der Waals surface area contributed by atoms with Crippen LogP contribution in [0.2, 0.25) is 0 Å². The Morgan fingerprint density at radius 2 is 1.81 bits per heavy atom. The molecule has 1 aliphatic heterocycles. The minimum Gasteiger partial charge on any atom is -0.497 e. The Labute approximate surface area is 207 Å². The number of carbonyl (C=O) groups excluding carboxylic acids is 4. The number of hydrogen-bond donors (Lipinski definition) is 3. The summed E-state index contributed by atoms with van der Waals surface area (Å²) in [4.78, 5) is 52.2. The summed E-state index contributed by atoms with van der Waals surface area (Å²) in [5.74, 6) is -0.471. The molecule has 0 unspecified atom stereocenters. The number of rotatable bonds is 9. The second-order valence-corrected chi connectivity index (χ2v) is 8.35. The number of ether oxygens (including phenoxy) is 1. The molecule has 0 radical (unpaired) electrons. The summed E-state index contributed by atoms with van der Waals surface area (Å²) in [6, 6.07) is 14.7. The molecule has 4 rings (SSSR count). The third kappa shape index (κ3) is 5.72. The van der Waals surface area contributed by atoms with E-state index in [2.05, 4.69) is 16.0 Å². The Hall–Kier alpha value is -4.60. The molecule has 3 N–H and O–H groups in total. The van der Waals surface area contributed by atoms with Crippen molar-refractivity contribution < 1.29 is 28.3 Å². The maximum absolute atomic E-state index is 13.7. The molecule has 10 nitrogen and oxygen atoms in total. The summed E-state index contributed by atoms with van der Waals surface area (Å²) in [6.07, 6.45) is 1.15. The number of nitrogens with zero attached hydrogens (tertiary/aromatic N) is 1. The lowest BCUT2D eigenvalue weighted by Crippen LogP contribution is -2.44. The first-order chi connectivity index (χ1) is 17.3. The maximum atomic E-state index is 13.7.